The Morgan fingerprint density at radius 3 is 2.30 bits per heavy atom. The minimum absolute atomic E-state index is 0.353. The van der Waals surface area contributed by atoms with Gasteiger partial charge in [0.25, 0.3) is 0 Å². The zero-order valence-corrected chi connectivity index (χ0v) is 13.6. The molecule has 5 heteroatoms. The summed E-state index contributed by atoms with van der Waals surface area (Å²) >= 11 is 1.59. The minimum atomic E-state index is -3.42. The van der Waals surface area contributed by atoms with Gasteiger partial charge in [0.2, 0.25) is 10.0 Å². The molecule has 0 N–H and O–H groups in total. The van der Waals surface area contributed by atoms with Crippen LogP contribution in [-0.2, 0) is 23.0 Å². The SMILES string of the molecule is CCc1ccc(S(=O)(=O)N(C)Cc2sccc2C)cc1. The van der Waals surface area contributed by atoms with E-state index in [1.165, 1.54) is 4.31 Å². The number of hydrogen-bond donors (Lipinski definition) is 0. The van der Waals surface area contributed by atoms with Crippen molar-refractivity contribution in [2.24, 2.45) is 0 Å². The summed E-state index contributed by atoms with van der Waals surface area (Å²) in [5, 5.41) is 1.99. The molecule has 0 atom stereocenters. The Morgan fingerprint density at radius 1 is 1.15 bits per heavy atom. The highest BCUT2D eigenvalue weighted by Gasteiger charge is 2.21. The van der Waals surface area contributed by atoms with Crippen molar-refractivity contribution in [3.8, 4) is 0 Å². The lowest BCUT2D eigenvalue weighted by atomic mass is 10.2. The van der Waals surface area contributed by atoms with Crippen LogP contribution in [0.5, 0.6) is 0 Å². The Hall–Kier alpha value is -1.17. The van der Waals surface area contributed by atoms with E-state index in [0.29, 0.717) is 11.4 Å². The second-order valence-electron chi connectivity index (χ2n) is 4.79. The van der Waals surface area contributed by atoms with Crippen LogP contribution in [0.15, 0.2) is 40.6 Å². The van der Waals surface area contributed by atoms with Gasteiger partial charge in [-0.2, -0.15) is 4.31 Å². The number of nitrogens with zero attached hydrogens (tertiary/aromatic N) is 1. The van der Waals surface area contributed by atoms with E-state index in [1.807, 2.05) is 30.5 Å². The van der Waals surface area contributed by atoms with Crippen LogP contribution in [0.1, 0.15) is 22.9 Å². The average molecular weight is 309 g/mol. The average Bonchev–Trinajstić information content (AvgIpc) is 2.84. The normalized spacial score (nSPS) is 12.0. The Kier molecular flexibility index (Phi) is 4.62. The van der Waals surface area contributed by atoms with Gasteiger partial charge in [0.05, 0.1) is 4.90 Å². The van der Waals surface area contributed by atoms with E-state index in [9.17, 15) is 8.42 Å². The van der Waals surface area contributed by atoms with Gasteiger partial charge in [-0.25, -0.2) is 8.42 Å². The van der Waals surface area contributed by atoms with Gasteiger partial charge in [0.15, 0.2) is 0 Å². The molecule has 0 fully saturated rings. The minimum Gasteiger partial charge on any atom is -0.207 e. The second-order valence-corrected chi connectivity index (χ2v) is 7.83. The third kappa shape index (κ3) is 3.11. The fraction of sp³-hybridized carbons (Fsp3) is 0.333. The molecule has 108 valence electrons. The molecule has 0 saturated heterocycles. The maximum Gasteiger partial charge on any atom is 0.243 e. The molecule has 0 aliphatic heterocycles. The highest BCUT2D eigenvalue weighted by atomic mass is 32.2. The van der Waals surface area contributed by atoms with Crippen molar-refractivity contribution in [2.45, 2.75) is 31.7 Å². The van der Waals surface area contributed by atoms with Gasteiger partial charge in [0, 0.05) is 18.5 Å². The summed E-state index contributed by atoms with van der Waals surface area (Å²) in [5.41, 5.74) is 2.28. The van der Waals surface area contributed by atoms with Crippen LogP contribution in [0.2, 0.25) is 0 Å². The number of thiophene rings is 1. The van der Waals surface area contributed by atoms with Crippen LogP contribution < -0.4 is 0 Å². The molecule has 0 unspecified atom stereocenters. The lowest BCUT2D eigenvalue weighted by Crippen LogP contribution is -2.26. The monoisotopic (exact) mass is 309 g/mol. The van der Waals surface area contributed by atoms with Gasteiger partial charge in [-0.3, -0.25) is 0 Å². The molecule has 1 aromatic carbocycles. The van der Waals surface area contributed by atoms with E-state index in [4.69, 9.17) is 0 Å². The van der Waals surface area contributed by atoms with Crippen LogP contribution in [0.25, 0.3) is 0 Å². The maximum absolute atomic E-state index is 12.5. The first-order chi connectivity index (χ1) is 9.45. The smallest absolute Gasteiger partial charge is 0.207 e. The maximum atomic E-state index is 12.5. The lowest BCUT2D eigenvalue weighted by Gasteiger charge is -2.17. The molecule has 0 saturated carbocycles. The molecule has 0 spiro atoms. The predicted octanol–water partition coefficient (Wildman–Crippen LogP) is 3.44. The van der Waals surface area contributed by atoms with Gasteiger partial charge in [0.1, 0.15) is 0 Å². The molecule has 2 aromatic rings. The quantitative estimate of drug-likeness (QED) is 0.848. The van der Waals surface area contributed by atoms with E-state index in [1.54, 1.807) is 30.5 Å². The summed E-state index contributed by atoms with van der Waals surface area (Å²) in [6.45, 7) is 4.47. The first-order valence-electron chi connectivity index (χ1n) is 6.53. The summed E-state index contributed by atoms with van der Waals surface area (Å²) in [4.78, 5) is 1.44. The number of aryl methyl sites for hydroxylation is 2. The van der Waals surface area contributed by atoms with Gasteiger partial charge in [-0.1, -0.05) is 19.1 Å². The van der Waals surface area contributed by atoms with E-state index in [-0.39, 0.29) is 0 Å². The Labute approximate surface area is 124 Å². The number of benzene rings is 1. The van der Waals surface area contributed by atoms with Crippen molar-refractivity contribution >= 4 is 21.4 Å². The van der Waals surface area contributed by atoms with Crippen molar-refractivity contribution in [3.05, 3.63) is 51.7 Å². The van der Waals surface area contributed by atoms with E-state index in [2.05, 4.69) is 6.92 Å². The molecule has 0 radical (unpaired) electrons. The Balaban J connectivity index is 2.22. The largest absolute Gasteiger partial charge is 0.243 e. The summed E-state index contributed by atoms with van der Waals surface area (Å²) in [5.74, 6) is 0. The van der Waals surface area contributed by atoms with Gasteiger partial charge < -0.3 is 0 Å². The fourth-order valence-corrected chi connectivity index (χ4v) is 4.11. The van der Waals surface area contributed by atoms with Gasteiger partial charge in [-0.15, -0.1) is 11.3 Å². The first kappa shape index (κ1) is 15.2. The first-order valence-corrected chi connectivity index (χ1v) is 8.85. The van der Waals surface area contributed by atoms with E-state index >= 15 is 0 Å². The van der Waals surface area contributed by atoms with Crippen LogP contribution in [-0.4, -0.2) is 19.8 Å². The molecule has 3 nitrogen and oxygen atoms in total. The van der Waals surface area contributed by atoms with Gasteiger partial charge >= 0.3 is 0 Å². The summed E-state index contributed by atoms with van der Waals surface area (Å²) in [6.07, 6.45) is 0.907. The summed E-state index contributed by atoms with van der Waals surface area (Å²) in [7, 11) is -1.79. The zero-order chi connectivity index (χ0) is 14.8. The number of hydrogen-bond acceptors (Lipinski definition) is 3. The van der Waals surface area contributed by atoms with Crippen LogP contribution >= 0.6 is 11.3 Å². The molecular formula is C15H19NO2S2. The fourth-order valence-electron chi connectivity index (χ4n) is 1.93. The highest BCUT2D eigenvalue weighted by molar-refractivity contribution is 7.89. The summed E-state index contributed by atoms with van der Waals surface area (Å²) in [6, 6.07) is 9.13. The van der Waals surface area contributed by atoms with Crippen molar-refractivity contribution in [3.63, 3.8) is 0 Å². The van der Waals surface area contributed by atoms with Crippen LogP contribution in [0.3, 0.4) is 0 Å². The van der Waals surface area contributed by atoms with E-state index < -0.39 is 10.0 Å². The molecule has 2 rings (SSSR count). The highest BCUT2D eigenvalue weighted by Crippen LogP contribution is 2.22. The van der Waals surface area contributed by atoms with Crippen molar-refractivity contribution < 1.29 is 8.42 Å². The van der Waals surface area contributed by atoms with Crippen molar-refractivity contribution in [2.75, 3.05) is 7.05 Å². The van der Waals surface area contributed by atoms with Crippen molar-refractivity contribution in [1.29, 1.82) is 0 Å². The Bertz CT molecular complexity index is 672. The zero-order valence-electron chi connectivity index (χ0n) is 12.0. The molecule has 0 amide bonds. The lowest BCUT2D eigenvalue weighted by molar-refractivity contribution is 0.469. The Morgan fingerprint density at radius 2 is 1.80 bits per heavy atom. The number of sulfonamides is 1. The predicted molar refractivity (Wildman–Crippen MR) is 83.5 cm³/mol. The third-order valence-corrected chi connectivity index (χ3v) is 6.20. The van der Waals surface area contributed by atoms with Crippen LogP contribution in [0.4, 0.5) is 0 Å². The van der Waals surface area contributed by atoms with Gasteiger partial charge in [-0.05, 0) is 48.1 Å². The standard InChI is InChI=1S/C15H19NO2S2/c1-4-13-5-7-14(8-6-13)20(17,18)16(3)11-15-12(2)9-10-19-15/h5-10H,4,11H2,1-3H3. The summed E-state index contributed by atoms with van der Waals surface area (Å²) < 4.78 is 26.4. The molecule has 20 heavy (non-hydrogen) atoms. The van der Waals surface area contributed by atoms with Crippen molar-refractivity contribution in [1.82, 2.24) is 4.31 Å². The number of rotatable bonds is 5. The molecular weight excluding hydrogens is 290 g/mol. The molecule has 0 aliphatic rings. The molecule has 1 heterocycles. The van der Waals surface area contributed by atoms with Crippen LogP contribution in [0, 0.1) is 6.92 Å². The topological polar surface area (TPSA) is 37.4 Å². The van der Waals surface area contributed by atoms with E-state index in [0.717, 1.165) is 22.4 Å². The molecule has 1 aromatic heterocycles. The second kappa shape index (κ2) is 6.08. The molecule has 0 bridgehead atoms. The molecule has 0 aliphatic carbocycles. The third-order valence-electron chi connectivity index (χ3n) is 3.37.